The summed E-state index contributed by atoms with van der Waals surface area (Å²) in [4.78, 5) is 0. The monoisotopic (exact) mass is 760 g/mol. The average molecular weight is 761 g/mol. The number of unbranched alkanes of at least 4 members (excludes halogenated alkanes) is 5. The molecular weight excluding hydrogens is 705 g/mol. The Morgan fingerprint density at radius 3 is 1.31 bits per heavy atom. The Labute approximate surface area is 348 Å². The van der Waals surface area contributed by atoms with E-state index in [9.17, 15) is 0 Å². The third-order valence-corrected chi connectivity index (χ3v) is 10.8. The lowest BCUT2D eigenvalue weighted by molar-refractivity contribution is -0.0491. The Hall–Kier alpha value is -6.06. The van der Waals surface area contributed by atoms with Gasteiger partial charge in [-0.25, -0.2) is 0 Å². The molecule has 2 heteroatoms. The Balaban J connectivity index is 1.10. The van der Waals surface area contributed by atoms with Gasteiger partial charge in [0.15, 0.2) is 5.60 Å². The second-order valence-electron chi connectivity index (χ2n) is 14.8. The van der Waals surface area contributed by atoms with Crippen molar-refractivity contribution in [2.45, 2.75) is 88.4 Å². The van der Waals surface area contributed by atoms with E-state index < -0.39 is 11.2 Å². The lowest BCUT2D eigenvalue weighted by Crippen LogP contribution is -2.37. The van der Waals surface area contributed by atoms with E-state index in [2.05, 4.69) is 188 Å². The molecule has 0 unspecified atom stereocenters. The van der Waals surface area contributed by atoms with Crippen LogP contribution in [0, 0.1) is 24.2 Å². The lowest BCUT2D eigenvalue weighted by Gasteiger charge is -2.39. The smallest absolute Gasteiger partial charge is 0.184 e. The van der Waals surface area contributed by atoms with Gasteiger partial charge in [0.05, 0.1) is 6.10 Å². The first-order valence-corrected chi connectivity index (χ1v) is 21.0. The van der Waals surface area contributed by atoms with E-state index in [1.54, 1.807) is 6.08 Å². The van der Waals surface area contributed by atoms with Gasteiger partial charge in [-0.2, -0.15) is 0 Å². The molecule has 292 valence electrons. The zero-order valence-electron chi connectivity index (χ0n) is 33.9. The van der Waals surface area contributed by atoms with Gasteiger partial charge in [-0.05, 0) is 36.0 Å². The molecule has 0 saturated carbocycles. The molecule has 6 rings (SSSR count). The van der Waals surface area contributed by atoms with Crippen molar-refractivity contribution in [3.05, 3.63) is 227 Å². The summed E-state index contributed by atoms with van der Waals surface area (Å²) in [5.41, 5.74) is 4.95. The van der Waals surface area contributed by atoms with Crippen molar-refractivity contribution in [3.63, 3.8) is 0 Å². The molecule has 2 nitrogen and oxygen atoms in total. The Bertz CT molecular complexity index is 2000. The first kappa shape index (κ1) is 41.6. The molecule has 0 radical (unpaired) electrons. The minimum Gasteiger partial charge on any atom is -0.477 e. The van der Waals surface area contributed by atoms with Gasteiger partial charge in [-0.3, -0.25) is 0 Å². The highest BCUT2D eigenvalue weighted by molar-refractivity contribution is 5.49. The maximum absolute atomic E-state index is 7.39. The average Bonchev–Trinajstić information content (AvgIpc) is 3.30. The van der Waals surface area contributed by atoms with Crippen LogP contribution in [-0.2, 0) is 20.7 Å². The summed E-state index contributed by atoms with van der Waals surface area (Å²) < 4.78 is 14.5. The fourth-order valence-electron chi connectivity index (χ4n) is 7.89. The zero-order valence-corrected chi connectivity index (χ0v) is 33.9. The van der Waals surface area contributed by atoms with Gasteiger partial charge in [0.1, 0.15) is 11.4 Å². The van der Waals surface area contributed by atoms with Gasteiger partial charge in [-0.1, -0.05) is 221 Å². The minimum atomic E-state index is -0.844. The van der Waals surface area contributed by atoms with E-state index in [4.69, 9.17) is 15.9 Å². The van der Waals surface area contributed by atoms with E-state index >= 15 is 0 Å². The van der Waals surface area contributed by atoms with Crippen LogP contribution < -0.4 is 0 Å². The number of terminal acetylenes is 1. The molecule has 0 amide bonds. The van der Waals surface area contributed by atoms with E-state index in [0.717, 1.165) is 96.9 Å². The Kier molecular flexibility index (Phi) is 15.8. The van der Waals surface area contributed by atoms with E-state index in [1.807, 2.05) is 18.2 Å². The van der Waals surface area contributed by atoms with Crippen LogP contribution in [0.1, 0.15) is 105 Å². The van der Waals surface area contributed by atoms with Gasteiger partial charge in [0.2, 0.25) is 0 Å². The number of hydrogen-bond donors (Lipinski definition) is 0. The van der Waals surface area contributed by atoms with Crippen LogP contribution in [0.3, 0.4) is 0 Å². The molecule has 0 bridgehead atoms. The highest BCUT2D eigenvalue weighted by atomic mass is 16.5. The highest BCUT2D eigenvalue weighted by Gasteiger charge is 2.40. The molecule has 0 aliphatic heterocycles. The molecule has 0 aromatic heterocycles. The van der Waals surface area contributed by atoms with Gasteiger partial charge in [0.25, 0.3) is 0 Å². The number of benzene rings is 6. The standard InChI is InChI=1S/C56H56O2/c1-3-5-44-54(58-56(50-38-23-14-24-39-50,51-40-25-15-26-41-51)52-42-27-16-28-43-52)46-30-10-8-6-7-9-29-45-53(31-4-2)57-55(47-32-17-11-18-33-47,48-34-19-12-20-35-48)49-36-21-13-22-37-49/h2,11-28,31-43,54H,3,5-9,29,44-46H2,1H3/t54-/m0/s1. The largest absolute Gasteiger partial charge is 0.477 e. The summed E-state index contributed by atoms with van der Waals surface area (Å²) in [6, 6.07) is 63.3. The van der Waals surface area contributed by atoms with Gasteiger partial charge < -0.3 is 9.47 Å². The maximum atomic E-state index is 7.39. The van der Waals surface area contributed by atoms with Gasteiger partial charge >= 0.3 is 0 Å². The number of allylic oxidation sites excluding steroid dienone is 2. The van der Waals surface area contributed by atoms with Gasteiger partial charge in [-0.15, -0.1) is 18.3 Å². The van der Waals surface area contributed by atoms with Crippen LogP contribution >= 0.6 is 0 Å². The zero-order chi connectivity index (χ0) is 40.1. The van der Waals surface area contributed by atoms with Crippen LogP contribution in [0.4, 0.5) is 0 Å². The SMILES string of the molecule is C#CC=C(CCCCCCC#CC[C@H](CCCC)OC(c1ccccc1)(c1ccccc1)c1ccccc1)OC(c1ccccc1)(c1ccccc1)c1ccccc1. The van der Waals surface area contributed by atoms with Gasteiger partial charge in [0, 0.05) is 42.0 Å². The molecule has 6 aromatic carbocycles. The summed E-state index contributed by atoms with van der Waals surface area (Å²) in [5, 5.41) is 0. The summed E-state index contributed by atoms with van der Waals surface area (Å²) in [6.45, 7) is 2.24. The predicted molar refractivity (Wildman–Crippen MR) is 241 cm³/mol. The van der Waals surface area contributed by atoms with E-state index in [1.165, 1.54) is 0 Å². The molecule has 0 spiro atoms. The second kappa shape index (κ2) is 22.0. The predicted octanol–water partition coefficient (Wildman–Crippen LogP) is 13.8. The Morgan fingerprint density at radius 2 is 0.914 bits per heavy atom. The molecule has 1 atom stereocenters. The van der Waals surface area contributed by atoms with E-state index in [0.29, 0.717) is 6.42 Å². The maximum Gasteiger partial charge on any atom is 0.184 e. The first-order valence-electron chi connectivity index (χ1n) is 21.0. The molecule has 58 heavy (non-hydrogen) atoms. The summed E-state index contributed by atoms with van der Waals surface area (Å²) >= 11 is 0. The lowest BCUT2D eigenvalue weighted by atomic mass is 9.79. The molecule has 0 N–H and O–H groups in total. The van der Waals surface area contributed by atoms with Crippen molar-refractivity contribution in [2.75, 3.05) is 0 Å². The fourth-order valence-corrected chi connectivity index (χ4v) is 7.89. The highest BCUT2D eigenvalue weighted by Crippen LogP contribution is 2.44. The van der Waals surface area contributed by atoms with Crippen molar-refractivity contribution in [2.24, 2.45) is 0 Å². The summed E-state index contributed by atoms with van der Waals surface area (Å²) in [5.74, 6) is 10.6. The van der Waals surface area contributed by atoms with E-state index in [-0.39, 0.29) is 6.10 Å². The first-order chi connectivity index (χ1) is 28.7. The van der Waals surface area contributed by atoms with Crippen LogP contribution in [0.15, 0.2) is 194 Å². The van der Waals surface area contributed by atoms with Crippen LogP contribution in [-0.4, -0.2) is 6.10 Å². The summed E-state index contributed by atoms with van der Waals surface area (Å²) in [6.07, 6.45) is 17.3. The van der Waals surface area contributed by atoms with Crippen molar-refractivity contribution in [1.82, 2.24) is 0 Å². The molecule has 6 aromatic rings. The van der Waals surface area contributed by atoms with Crippen LogP contribution in [0.5, 0.6) is 0 Å². The third kappa shape index (κ3) is 10.5. The fraction of sp³-hybridized carbons (Fsp3) is 0.250. The summed E-state index contributed by atoms with van der Waals surface area (Å²) in [7, 11) is 0. The number of ether oxygens (including phenoxy) is 2. The number of rotatable bonds is 20. The van der Waals surface area contributed by atoms with Crippen molar-refractivity contribution in [1.29, 1.82) is 0 Å². The van der Waals surface area contributed by atoms with Crippen molar-refractivity contribution in [3.8, 4) is 24.2 Å². The van der Waals surface area contributed by atoms with Crippen LogP contribution in [0.25, 0.3) is 0 Å². The topological polar surface area (TPSA) is 18.5 Å². The molecule has 0 heterocycles. The molecule has 0 fully saturated rings. The van der Waals surface area contributed by atoms with Crippen molar-refractivity contribution >= 4 is 0 Å². The molecule has 0 aliphatic carbocycles. The third-order valence-electron chi connectivity index (χ3n) is 10.8. The Morgan fingerprint density at radius 1 is 0.517 bits per heavy atom. The molecular formula is C56H56O2. The minimum absolute atomic E-state index is 0.0239. The van der Waals surface area contributed by atoms with Crippen molar-refractivity contribution < 1.29 is 9.47 Å². The number of hydrogen-bond acceptors (Lipinski definition) is 2. The molecule has 0 saturated heterocycles. The molecule has 0 aliphatic rings. The quantitative estimate of drug-likeness (QED) is 0.0334. The van der Waals surface area contributed by atoms with Crippen LogP contribution in [0.2, 0.25) is 0 Å². The second-order valence-corrected chi connectivity index (χ2v) is 14.8. The normalized spacial score (nSPS) is 12.2.